The second-order valence-electron chi connectivity index (χ2n) is 7.66. The van der Waals surface area contributed by atoms with Gasteiger partial charge < -0.3 is 15.1 Å². The van der Waals surface area contributed by atoms with E-state index in [0.29, 0.717) is 44.6 Å². The highest BCUT2D eigenvalue weighted by atomic mass is 16.2. The highest BCUT2D eigenvalue weighted by molar-refractivity contribution is 5.92. The molecule has 2 aliphatic heterocycles. The van der Waals surface area contributed by atoms with Gasteiger partial charge in [0.15, 0.2) is 0 Å². The maximum Gasteiger partial charge on any atom is 0.270 e. The standard InChI is InChI=1S/C21H27N5O3/c1-2-25-13-16(7-9-19(25)27)21(29)26-10-4-3-5-17(14-26)24-20(28)18-8-6-15(11-22)12-23-18/h6,8,12,16-17H,2-5,7,9-10,13-14H2,1H3,(H,24,28). The molecule has 8 heteroatoms. The minimum absolute atomic E-state index is 0.0774. The van der Waals surface area contributed by atoms with Crippen molar-refractivity contribution < 1.29 is 14.4 Å². The van der Waals surface area contributed by atoms with Crippen LogP contribution in [0.3, 0.4) is 0 Å². The van der Waals surface area contributed by atoms with Gasteiger partial charge in [-0.15, -0.1) is 0 Å². The van der Waals surface area contributed by atoms with Gasteiger partial charge in [-0.25, -0.2) is 4.98 Å². The lowest BCUT2D eigenvalue weighted by atomic mass is 9.96. The first-order valence-corrected chi connectivity index (χ1v) is 10.3. The van der Waals surface area contributed by atoms with Crippen LogP contribution in [0.1, 0.15) is 55.1 Å². The number of carbonyl (C=O) groups excluding carboxylic acids is 3. The third-order valence-electron chi connectivity index (χ3n) is 5.67. The minimum Gasteiger partial charge on any atom is -0.346 e. The molecule has 2 unspecified atom stereocenters. The lowest BCUT2D eigenvalue weighted by Crippen LogP contribution is -2.50. The summed E-state index contributed by atoms with van der Waals surface area (Å²) in [4.78, 5) is 45.1. The Bertz CT molecular complexity index is 802. The molecule has 1 aromatic rings. The zero-order valence-electron chi connectivity index (χ0n) is 16.8. The molecular weight excluding hydrogens is 370 g/mol. The Labute approximate surface area is 170 Å². The predicted octanol–water partition coefficient (Wildman–Crippen LogP) is 1.32. The van der Waals surface area contributed by atoms with Crippen LogP contribution in [0.4, 0.5) is 0 Å². The summed E-state index contributed by atoms with van der Waals surface area (Å²) in [5.74, 6) is -0.266. The van der Waals surface area contributed by atoms with E-state index in [-0.39, 0.29) is 35.4 Å². The highest BCUT2D eigenvalue weighted by Crippen LogP contribution is 2.22. The molecule has 8 nitrogen and oxygen atoms in total. The van der Waals surface area contributed by atoms with Crippen LogP contribution in [0.2, 0.25) is 0 Å². The van der Waals surface area contributed by atoms with Gasteiger partial charge in [-0.05, 0) is 44.7 Å². The molecular formula is C21H27N5O3. The maximum atomic E-state index is 13.1. The number of hydrogen-bond donors (Lipinski definition) is 1. The molecule has 1 aromatic heterocycles. The number of piperidine rings is 1. The summed E-state index contributed by atoms with van der Waals surface area (Å²) < 4.78 is 0. The van der Waals surface area contributed by atoms with Gasteiger partial charge in [-0.1, -0.05) is 0 Å². The van der Waals surface area contributed by atoms with E-state index in [4.69, 9.17) is 5.26 Å². The van der Waals surface area contributed by atoms with Gasteiger partial charge >= 0.3 is 0 Å². The average Bonchev–Trinajstić information content (AvgIpc) is 2.99. The van der Waals surface area contributed by atoms with E-state index in [2.05, 4.69) is 10.3 Å². The molecule has 0 aliphatic carbocycles. The van der Waals surface area contributed by atoms with Gasteiger partial charge in [0, 0.05) is 44.8 Å². The van der Waals surface area contributed by atoms with E-state index in [0.717, 1.165) is 19.3 Å². The molecule has 0 saturated carbocycles. The fourth-order valence-corrected chi connectivity index (χ4v) is 3.99. The molecule has 2 fully saturated rings. The van der Waals surface area contributed by atoms with Gasteiger partial charge in [0.25, 0.3) is 5.91 Å². The third kappa shape index (κ3) is 5.11. The van der Waals surface area contributed by atoms with Crippen molar-refractivity contribution in [2.75, 3.05) is 26.2 Å². The van der Waals surface area contributed by atoms with Gasteiger partial charge in [0.2, 0.25) is 11.8 Å². The lowest BCUT2D eigenvalue weighted by Gasteiger charge is -2.34. The van der Waals surface area contributed by atoms with Crippen molar-refractivity contribution in [3.8, 4) is 6.07 Å². The smallest absolute Gasteiger partial charge is 0.270 e. The van der Waals surface area contributed by atoms with Gasteiger partial charge in [-0.2, -0.15) is 5.26 Å². The second kappa shape index (κ2) is 9.50. The zero-order chi connectivity index (χ0) is 20.8. The van der Waals surface area contributed by atoms with E-state index in [1.54, 1.807) is 11.0 Å². The first-order valence-electron chi connectivity index (χ1n) is 10.3. The number of aromatic nitrogens is 1. The van der Waals surface area contributed by atoms with Crippen molar-refractivity contribution in [2.24, 2.45) is 5.92 Å². The Balaban J connectivity index is 1.61. The van der Waals surface area contributed by atoms with Crippen molar-refractivity contribution in [3.05, 3.63) is 29.6 Å². The summed E-state index contributed by atoms with van der Waals surface area (Å²) in [5.41, 5.74) is 0.662. The second-order valence-corrected chi connectivity index (χ2v) is 7.66. The number of hydrogen-bond acceptors (Lipinski definition) is 5. The van der Waals surface area contributed by atoms with E-state index in [1.165, 1.54) is 12.3 Å². The summed E-state index contributed by atoms with van der Waals surface area (Å²) in [6.07, 6.45) is 5.02. The molecule has 3 amide bonds. The summed E-state index contributed by atoms with van der Waals surface area (Å²) >= 11 is 0. The molecule has 3 rings (SSSR count). The number of nitriles is 1. The molecule has 3 heterocycles. The SMILES string of the molecule is CCN1CC(C(=O)N2CCCCC(NC(=O)c3ccc(C#N)cn3)C2)CCC1=O. The normalized spacial score (nSPS) is 22.6. The van der Waals surface area contributed by atoms with Crippen molar-refractivity contribution in [1.82, 2.24) is 20.1 Å². The molecule has 0 bridgehead atoms. The van der Waals surface area contributed by atoms with E-state index in [9.17, 15) is 14.4 Å². The molecule has 2 atom stereocenters. The third-order valence-corrected chi connectivity index (χ3v) is 5.67. The topological polar surface area (TPSA) is 106 Å². The fourth-order valence-electron chi connectivity index (χ4n) is 3.99. The van der Waals surface area contributed by atoms with Crippen LogP contribution in [-0.4, -0.2) is 64.7 Å². The molecule has 2 saturated heterocycles. The number of rotatable bonds is 4. The van der Waals surface area contributed by atoms with Crippen LogP contribution in [0.5, 0.6) is 0 Å². The van der Waals surface area contributed by atoms with E-state index >= 15 is 0 Å². The number of nitrogens with zero attached hydrogens (tertiary/aromatic N) is 4. The number of amides is 3. The minimum atomic E-state index is -0.297. The Morgan fingerprint density at radius 3 is 2.79 bits per heavy atom. The summed E-state index contributed by atoms with van der Waals surface area (Å²) in [7, 11) is 0. The first kappa shape index (κ1) is 20.8. The molecule has 2 aliphatic rings. The summed E-state index contributed by atoms with van der Waals surface area (Å²) in [6.45, 7) is 4.18. The molecule has 29 heavy (non-hydrogen) atoms. The monoisotopic (exact) mass is 397 g/mol. The molecule has 0 radical (unpaired) electrons. The van der Waals surface area contributed by atoms with Crippen molar-refractivity contribution in [2.45, 2.75) is 45.1 Å². The van der Waals surface area contributed by atoms with Crippen molar-refractivity contribution in [1.29, 1.82) is 5.26 Å². The van der Waals surface area contributed by atoms with Crippen molar-refractivity contribution >= 4 is 17.7 Å². The Morgan fingerprint density at radius 2 is 2.10 bits per heavy atom. The number of pyridine rings is 1. The first-order chi connectivity index (χ1) is 14.0. The van der Waals surface area contributed by atoms with Crippen molar-refractivity contribution in [3.63, 3.8) is 0 Å². The van der Waals surface area contributed by atoms with Crippen LogP contribution in [0.25, 0.3) is 0 Å². The van der Waals surface area contributed by atoms with Crippen LogP contribution >= 0.6 is 0 Å². The zero-order valence-corrected chi connectivity index (χ0v) is 16.8. The van der Waals surface area contributed by atoms with Crippen LogP contribution in [0, 0.1) is 17.2 Å². The quantitative estimate of drug-likeness (QED) is 0.825. The van der Waals surface area contributed by atoms with Crippen LogP contribution in [-0.2, 0) is 9.59 Å². The molecule has 1 N–H and O–H groups in total. The highest BCUT2D eigenvalue weighted by Gasteiger charge is 2.33. The number of carbonyl (C=O) groups is 3. The summed E-state index contributed by atoms with van der Waals surface area (Å²) in [5, 5.41) is 11.8. The maximum absolute atomic E-state index is 13.1. The van der Waals surface area contributed by atoms with Gasteiger partial charge in [-0.3, -0.25) is 14.4 Å². The largest absolute Gasteiger partial charge is 0.346 e. The van der Waals surface area contributed by atoms with E-state index in [1.807, 2.05) is 17.9 Å². The Kier molecular flexibility index (Phi) is 6.81. The van der Waals surface area contributed by atoms with Gasteiger partial charge in [0.1, 0.15) is 11.8 Å². The Morgan fingerprint density at radius 1 is 1.28 bits per heavy atom. The molecule has 154 valence electrons. The van der Waals surface area contributed by atoms with Crippen LogP contribution < -0.4 is 5.32 Å². The Hall–Kier alpha value is -2.95. The molecule has 0 aromatic carbocycles. The lowest BCUT2D eigenvalue weighted by molar-refractivity contribution is -0.143. The number of nitrogens with one attached hydrogen (secondary N) is 1. The predicted molar refractivity (Wildman–Crippen MR) is 106 cm³/mol. The summed E-state index contributed by atoms with van der Waals surface area (Å²) in [6, 6.07) is 4.94. The molecule has 0 spiro atoms. The van der Waals surface area contributed by atoms with E-state index < -0.39 is 0 Å². The average molecular weight is 397 g/mol. The van der Waals surface area contributed by atoms with Crippen LogP contribution in [0.15, 0.2) is 18.3 Å². The fraction of sp³-hybridized carbons (Fsp3) is 0.571. The van der Waals surface area contributed by atoms with Gasteiger partial charge in [0.05, 0.1) is 11.5 Å². The number of likely N-dealkylation sites (tertiary alicyclic amines) is 2.